The van der Waals surface area contributed by atoms with Crippen LogP contribution in [0.4, 0.5) is 0 Å². The fraction of sp³-hybridized carbons (Fsp3) is 0.115. The zero-order valence-corrected chi connectivity index (χ0v) is 16.1. The van der Waals surface area contributed by atoms with Crippen molar-refractivity contribution in [3.05, 3.63) is 107 Å². The summed E-state index contributed by atoms with van der Waals surface area (Å²) in [4.78, 5) is 12.0. The maximum atomic E-state index is 12.0. The third-order valence-electron chi connectivity index (χ3n) is 4.28. The van der Waals surface area contributed by atoms with Crippen molar-refractivity contribution in [1.29, 1.82) is 0 Å². The van der Waals surface area contributed by atoms with Gasteiger partial charge in [-0.3, -0.25) is 0 Å². The molecule has 0 spiro atoms. The van der Waals surface area contributed by atoms with Gasteiger partial charge in [-0.2, -0.15) is 0 Å². The average Bonchev–Trinajstić information content (AvgIpc) is 2.73. The quantitative estimate of drug-likeness (QED) is 0.261. The van der Waals surface area contributed by atoms with Gasteiger partial charge in [0.15, 0.2) is 0 Å². The third-order valence-corrected chi connectivity index (χ3v) is 4.28. The molecule has 28 heavy (non-hydrogen) atoms. The van der Waals surface area contributed by atoms with Gasteiger partial charge in [0, 0.05) is 17.2 Å². The maximum Gasteiger partial charge on any atom is 0.336 e. The Hall–Kier alpha value is -3.57. The van der Waals surface area contributed by atoms with Gasteiger partial charge in [-0.25, -0.2) is 4.79 Å². The molecule has 0 aromatic heterocycles. The van der Waals surface area contributed by atoms with E-state index in [0.717, 1.165) is 23.1 Å². The van der Waals surface area contributed by atoms with Crippen molar-refractivity contribution in [2.24, 2.45) is 0 Å². The lowest BCUT2D eigenvalue weighted by Crippen LogP contribution is -2.03. The number of aryl methyl sites for hydroxylation is 2. The van der Waals surface area contributed by atoms with Crippen molar-refractivity contribution >= 4 is 12.0 Å². The van der Waals surface area contributed by atoms with Gasteiger partial charge < -0.3 is 4.74 Å². The Morgan fingerprint density at radius 1 is 0.857 bits per heavy atom. The summed E-state index contributed by atoms with van der Waals surface area (Å²) in [5, 5.41) is 0. The summed E-state index contributed by atoms with van der Waals surface area (Å²) in [6.45, 7) is 4.16. The first kappa shape index (κ1) is 19.2. The van der Waals surface area contributed by atoms with Crippen molar-refractivity contribution in [1.82, 2.24) is 0 Å². The molecule has 0 radical (unpaired) electrons. The van der Waals surface area contributed by atoms with Gasteiger partial charge in [-0.15, -0.1) is 0 Å². The number of esters is 1. The Labute approximate surface area is 166 Å². The zero-order valence-electron chi connectivity index (χ0n) is 16.1. The average molecular weight is 366 g/mol. The molecular formula is C26H22O2. The highest BCUT2D eigenvalue weighted by Crippen LogP contribution is 2.13. The molecule has 0 N–H and O–H groups in total. The second-order valence-electron chi connectivity index (χ2n) is 6.49. The molecule has 3 aromatic carbocycles. The minimum atomic E-state index is -0.405. The van der Waals surface area contributed by atoms with Crippen LogP contribution in [-0.4, -0.2) is 5.97 Å². The predicted octanol–water partition coefficient (Wildman–Crippen LogP) is 5.58. The van der Waals surface area contributed by atoms with E-state index in [0.29, 0.717) is 5.75 Å². The molecule has 2 nitrogen and oxygen atoms in total. The predicted molar refractivity (Wildman–Crippen MR) is 114 cm³/mol. The van der Waals surface area contributed by atoms with Crippen LogP contribution in [0, 0.1) is 18.8 Å². The van der Waals surface area contributed by atoms with Crippen LogP contribution in [0.1, 0.15) is 34.7 Å². The highest BCUT2D eigenvalue weighted by molar-refractivity contribution is 5.88. The molecule has 0 aliphatic rings. The summed E-state index contributed by atoms with van der Waals surface area (Å²) >= 11 is 0. The van der Waals surface area contributed by atoms with Gasteiger partial charge in [0.25, 0.3) is 0 Å². The standard InChI is InChI=1S/C26H22O2/c1-3-21-8-10-23(11-9-21)16-19-26(27)28-25-17-14-24(15-18-25)13-12-22-6-4-20(2)5-7-22/h4-11,14-19H,3H2,1-2H3. The molecule has 0 amide bonds. The van der Waals surface area contributed by atoms with Gasteiger partial charge in [0.1, 0.15) is 5.75 Å². The lowest BCUT2D eigenvalue weighted by atomic mass is 10.1. The highest BCUT2D eigenvalue weighted by Gasteiger charge is 2.00. The Balaban J connectivity index is 1.58. The molecule has 0 unspecified atom stereocenters. The molecule has 0 saturated heterocycles. The first-order chi connectivity index (χ1) is 13.6. The molecule has 0 saturated carbocycles. The van der Waals surface area contributed by atoms with Gasteiger partial charge in [0.2, 0.25) is 0 Å². The van der Waals surface area contributed by atoms with Crippen LogP contribution >= 0.6 is 0 Å². The summed E-state index contributed by atoms with van der Waals surface area (Å²) in [6.07, 6.45) is 4.19. The Kier molecular flexibility index (Phi) is 6.44. The SMILES string of the molecule is CCc1ccc(C=CC(=O)Oc2ccc(C#Cc3ccc(C)cc3)cc2)cc1. The first-order valence-electron chi connectivity index (χ1n) is 9.30. The molecule has 138 valence electrons. The lowest BCUT2D eigenvalue weighted by molar-refractivity contribution is -0.128. The number of benzene rings is 3. The van der Waals surface area contributed by atoms with E-state index in [1.54, 1.807) is 18.2 Å². The lowest BCUT2D eigenvalue weighted by Gasteiger charge is -2.01. The summed E-state index contributed by atoms with van der Waals surface area (Å²) in [5.41, 5.74) is 5.29. The monoisotopic (exact) mass is 366 g/mol. The second-order valence-corrected chi connectivity index (χ2v) is 6.49. The van der Waals surface area contributed by atoms with E-state index in [1.165, 1.54) is 17.2 Å². The molecule has 3 aromatic rings. The van der Waals surface area contributed by atoms with E-state index in [2.05, 4.69) is 37.8 Å². The van der Waals surface area contributed by atoms with Crippen LogP contribution in [0.15, 0.2) is 78.9 Å². The smallest absolute Gasteiger partial charge is 0.336 e. The van der Waals surface area contributed by atoms with E-state index in [1.807, 2.05) is 48.5 Å². The van der Waals surface area contributed by atoms with Crippen molar-refractivity contribution in [2.75, 3.05) is 0 Å². The van der Waals surface area contributed by atoms with E-state index >= 15 is 0 Å². The molecular weight excluding hydrogens is 344 g/mol. The molecule has 0 aliphatic carbocycles. The van der Waals surface area contributed by atoms with E-state index < -0.39 is 5.97 Å². The van der Waals surface area contributed by atoms with Gasteiger partial charge in [-0.1, -0.05) is 60.7 Å². The van der Waals surface area contributed by atoms with Gasteiger partial charge in [0.05, 0.1) is 0 Å². The van der Waals surface area contributed by atoms with E-state index in [4.69, 9.17) is 4.74 Å². The first-order valence-corrected chi connectivity index (χ1v) is 9.30. The van der Waals surface area contributed by atoms with Crippen LogP contribution in [0.2, 0.25) is 0 Å². The highest BCUT2D eigenvalue weighted by atomic mass is 16.5. The minimum Gasteiger partial charge on any atom is -0.423 e. The zero-order chi connectivity index (χ0) is 19.8. The van der Waals surface area contributed by atoms with Crippen molar-refractivity contribution < 1.29 is 9.53 Å². The van der Waals surface area contributed by atoms with Crippen molar-refractivity contribution in [3.8, 4) is 17.6 Å². The number of hydrogen-bond donors (Lipinski definition) is 0. The fourth-order valence-corrected chi connectivity index (χ4v) is 2.57. The minimum absolute atomic E-state index is 0.405. The molecule has 0 bridgehead atoms. The molecule has 0 aliphatic heterocycles. The van der Waals surface area contributed by atoms with Crippen LogP contribution in [0.3, 0.4) is 0 Å². The van der Waals surface area contributed by atoms with Crippen LogP contribution < -0.4 is 4.74 Å². The van der Waals surface area contributed by atoms with Crippen molar-refractivity contribution in [3.63, 3.8) is 0 Å². The normalized spacial score (nSPS) is 10.4. The Morgan fingerprint density at radius 2 is 1.43 bits per heavy atom. The summed E-state index contributed by atoms with van der Waals surface area (Å²) < 4.78 is 5.34. The maximum absolute atomic E-state index is 12.0. The molecule has 0 fully saturated rings. The molecule has 2 heteroatoms. The summed E-state index contributed by atoms with van der Waals surface area (Å²) in [5.74, 6) is 6.33. The van der Waals surface area contributed by atoms with Crippen LogP contribution in [0.25, 0.3) is 6.08 Å². The van der Waals surface area contributed by atoms with Gasteiger partial charge in [-0.05, 0) is 66.9 Å². The number of carbonyl (C=O) groups is 1. The molecule has 0 atom stereocenters. The number of rotatable bonds is 4. The fourth-order valence-electron chi connectivity index (χ4n) is 2.57. The second kappa shape index (κ2) is 9.39. The largest absolute Gasteiger partial charge is 0.423 e. The van der Waals surface area contributed by atoms with E-state index in [9.17, 15) is 4.79 Å². The Morgan fingerprint density at radius 3 is 2.00 bits per heavy atom. The third kappa shape index (κ3) is 5.72. The van der Waals surface area contributed by atoms with Crippen LogP contribution in [-0.2, 0) is 11.2 Å². The van der Waals surface area contributed by atoms with E-state index in [-0.39, 0.29) is 0 Å². The number of carbonyl (C=O) groups excluding carboxylic acids is 1. The van der Waals surface area contributed by atoms with Crippen molar-refractivity contribution in [2.45, 2.75) is 20.3 Å². The summed E-state index contributed by atoms with van der Waals surface area (Å²) in [6, 6.07) is 23.4. The van der Waals surface area contributed by atoms with Gasteiger partial charge >= 0.3 is 5.97 Å². The van der Waals surface area contributed by atoms with Crippen LogP contribution in [0.5, 0.6) is 5.75 Å². The topological polar surface area (TPSA) is 26.3 Å². The number of ether oxygens (including phenoxy) is 1. The molecule has 3 rings (SSSR count). The summed E-state index contributed by atoms with van der Waals surface area (Å²) in [7, 11) is 0. The number of hydrogen-bond acceptors (Lipinski definition) is 2. The molecule has 0 heterocycles. The Bertz CT molecular complexity index is 1010.